The lowest BCUT2D eigenvalue weighted by atomic mass is 9.87. The summed E-state index contributed by atoms with van der Waals surface area (Å²) < 4.78 is 15.9. The Balaban J connectivity index is 2.02. The molecule has 3 aliphatic rings. The fourth-order valence-corrected chi connectivity index (χ4v) is 2.53. The van der Waals surface area contributed by atoms with Gasteiger partial charge in [-0.05, 0) is 24.0 Å². The Hall–Kier alpha value is -2.07. The highest BCUT2D eigenvalue weighted by atomic mass is 16.7. The molecule has 0 saturated heterocycles. The number of carbonyl (C=O) groups is 1. The van der Waals surface area contributed by atoms with Gasteiger partial charge in [0.1, 0.15) is 6.10 Å². The molecule has 1 heterocycles. The van der Waals surface area contributed by atoms with Crippen molar-refractivity contribution in [2.75, 3.05) is 7.11 Å². The molecule has 104 valence electrons. The lowest BCUT2D eigenvalue weighted by Crippen LogP contribution is -2.33. The smallest absolute Gasteiger partial charge is 0.376 e. The van der Waals surface area contributed by atoms with Gasteiger partial charge in [-0.25, -0.2) is 4.79 Å². The number of esters is 1. The molecule has 4 heteroatoms. The average Bonchev–Trinajstić information content (AvgIpc) is 2.49. The van der Waals surface area contributed by atoms with Gasteiger partial charge in [-0.3, -0.25) is 0 Å². The van der Waals surface area contributed by atoms with Gasteiger partial charge in [-0.15, -0.1) is 0 Å². The standard InChI is InChI=1S/C16H16O4/c1-18-15(17)16-19-10-11-6-2-3-7-12(11)13-8-4-5-9-14(13)20-16/h2,4-6,8-10,14,16H,3,7H2,1H3/b11-10?,13-12-. The first kappa shape index (κ1) is 12.9. The van der Waals surface area contributed by atoms with E-state index in [-0.39, 0.29) is 6.10 Å². The molecule has 3 rings (SSSR count). The van der Waals surface area contributed by atoms with Crippen LogP contribution < -0.4 is 0 Å². The molecular weight excluding hydrogens is 256 g/mol. The SMILES string of the molecule is COC(=O)C1OC=C2C=CCC/C2=C2\C=CC=CC2O1. The lowest BCUT2D eigenvalue weighted by Gasteiger charge is -2.29. The second-order valence-corrected chi connectivity index (χ2v) is 4.74. The van der Waals surface area contributed by atoms with Gasteiger partial charge in [-0.1, -0.05) is 36.5 Å². The molecule has 0 N–H and O–H groups in total. The summed E-state index contributed by atoms with van der Waals surface area (Å²) in [5, 5.41) is 0. The summed E-state index contributed by atoms with van der Waals surface area (Å²) in [4.78, 5) is 11.7. The van der Waals surface area contributed by atoms with Gasteiger partial charge in [0.2, 0.25) is 0 Å². The van der Waals surface area contributed by atoms with E-state index in [9.17, 15) is 4.79 Å². The van der Waals surface area contributed by atoms with Crippen molar-refractivity contribution in [2.45, 2.75) is 25.2 Å². The molecule has 0 spiro atoms. The fourth-order valence-electron chi connectivity index (χ4n) is 2.53. The van der Waals surface area contributed by atoms with Crippen molar-refractivity contribution in [3.05, 3.63) is 59.4 Å². The second kappa shape index (κ2) is 5.51. The van der Waals surface area contributed by atoms with E-state index in [0.29, 0.717) is 0 Å². The second-order valence-electron chi connectivity index (χ2n) is 4.74. The zero-order valence-corrected chi connectivity index (χ0v) is 11.2. The third kappa shape index (κ3) is 2.34. The highest BCUT2D eigenvalue weighted by molar-refractivity contribution is 5.73. The van der Waals surface area contributed by atoms with E-state index in [1.807, 2.05) is 30.4 Å². The Morgan fingerprint density at radius 1 is 1.35 bits per heavy atom. The number of carbonyl (C=O) groups excluding carboxylic acids is 1. The number of rotatable bonds is 1. The van der Waals surface area contributed by atoms with E-state index in [4.69, 9.17) is 14.2 Å². The van der Waals surface area contributed by atoms with Gasteiger partial charge in [0.05, 0.1) is 13.4 Å². The Morgan fingerprint density at radius 3 is 3.10 bits per heavy atom. The van der Waals surface area contributed by atoms with Crippen LogP contribution in [-0.2, 0) is 19.0 Å². The zero-order valence-electron chi connectivity index (χ0n) is 11.2. The minimum absolute atomic E-state index is 0.283. The molecule has 0 aromatic rings. The van der Waals surface area contributed by atoms with Crippen molar-refractivity contribution in [1.29, 1.82) is 0 Å². The van der Waals surface area contributed by atoms with Crippen LogP contribution in [0.1, 0.15) is 12.8 Å². The number of allylic oxidation sites excluding steroid dienone is 6. The van der Waals surface area contributed by atoms with Crippen molar-refractivity contribution >= 4 is 5.97 Å². The van der Waals surface area contributed by atoms with Crippen LogP contribution in [0.15, 0.2) is 59.4 Å². The van der Waals surface area contributed by atoms with Crippen molar-refractivity contribution in [3.8, 4) is 0 Å². The lowest BCUT2D eigenvalue weighted by molar-refractivity contribution is -0.185. The highest BCUT2D eigenvalue weighted by Gasteiger charge is 2.30. The van der Waals surface area contributed by atoms with Crippen LogP contribution in [0.3, 0.4) is 0 Å². The van der Waals surface area contributed by atoms with Gasteiger partial charge >= 0.3 is 5.97 Å². The predicted molar refractivity (Wildman–Crippen MR) is 73.5 cm³/mol. The van der Waals surface area contributed by atoms with Crippen LogP contribution in [0.4, 0.5) is 0 Å². The predicted octanol–water partition coefficient (Wildman–Crippen LogP) is 2.56. The summed E-state index contributed by atoms with van der Waals surface area (Å²) in [6.07, 6.45) is 14.2. The monoisotopic (exact) mass is 272 g/mol. The molecule has 0 fully saturated rings. The van der Waals surface area contributed by atoms with Crippen LogP contribution >= 0.6 is 0 Å². The van der Waals surface area contributed by atoms with Crippen molar-refractivity contribution in [2.24, 2.45) is 0 Å². The molecule has 0 bridgehead atoms. The molecular formula is C16H16O4. The third-order valence-corrected chi connectivity index (χ3v) is 3.52. The Kier molecular flexibility index (Phi) is 3.56. The van der Waals surface area contributed by atoms with Crippen molar-refractivity contribution in [1.82, 2.24) is 0 Å². The Labute approximate surface area is 117 Å². The Bertz CT molecular complexity index is 563. The molecule has 0 aromatic heterocycles. The van der Waals surface area contributed by atoms with E-state index in [2.05, 4.69) is 6.08 Å². The maximum Gasteiger partial charge on any atom is 0.376 e. The third-order valence-electron chi connectivity index (χ3n) is 3.52. The van der Waals surface area contributed by atoms with E-state index < -0.39 is 12.3 Å². The van der Waals surface area contributed by atoms with Gasteiger partial charge < -0.3 is 14.2 Å². The topological polar surface area (TPSA) is 44.8 Å². The number of ether oxygens (including phenoxy) is 3. The maximum atomic E-state index is 11.7. The summed E-state index contributed by atoms with van der Waals surface area (Å²) in [6.45, 7) is 0. The molecule has 20 heavy (non-hydrogen) atoms. The summed E-state index contributed by atoms with van der Waals surface area (Å²) in [5.74, 6) is -0.535. The zero-order chi connectivity index (χ0) is 13.9. The number of methoxy groups -OCH3 is 1. The normalized spacial score (nSPS) is 31.4. The molecule has 0 amide bonds. The van der Waals surface area contributed by atoms with Crippen LogP contribution in [-0.4, -0.2) is 25.5 Å². The van der Waals surface area contributed by atoms with E-state index >= 15 is 0 Å². The number of fused-ring (bicyclic) bond motifs is 2. The minimum Gasteiger partial charge on any atom is -0.464 e. The van der Waals surface area contributed by atoms with Crippen molar-refractivity contribution in [3.63, 3.8) is 0 Å². The first-order valence-corrected chi connectivity index (χ1v) is 6.63. The first-order chi connectivity index (χ1) is 9.79. The summed E-state index contributed by atoms with van der Waals surface area (Å²) in [7, 11) is 1.32. The largest absolute Gasteiger partial charge is 0.464 e. The van der Waals surface area contributed by atoms with E-state index in [0.717, 1.165) is 24.0 Å². The molecule has 1 aliphatic heterocycles. The van der Waals surface area contributed by atoms with E-state index in [1.165, 1.54) is 12.7 Å². The quantitative estimate of drug-likeness (QED) is 0.688. The van der Waals surface area contributed by atoms with Gasteiger partial charge in [0, 0.05) is 5.57 Å². The average molecular weight is 272 g/mol. The summed E-state index contributed by atoms with van der Waals surface area (Å²) in [5.41, 5.74) is 3.29. The summed E-state index contributed by atoms with van der Waals surface area (Å²) >= 11 is 0. The molecule has 0 aromatic carbocycles. The molecule has 2 unspecified atom stereocenters. The molecule has 4 nitrogen and oxygen atoms in total. The van der Waals surface area contributed by atoms with Crippen LogP contribution in [0.5, 0.6) is 0 Å². The minimum atomic E-state index is -1.04. The molecule has 2 atom stereocenters. The molecule has 2 aliphatic carbocycles. The van der Waals surface area contributed by atoms with Gasteiger partial charge in [0.15, 0.2) is 0 Å². The van der Waals surface area contributed by atoms with Gasteiger partial charge in [-0.2, -0.15) is 0 Å². The number of hydrogen-bond donors (Lipinski definition) is 0. The first-order valence-electron chi connectivity index (χ1n) is 6.63. The van der Waals surface area contributed by atoms with E-state index in [1.54, 1.807) is 6.26 Å². The molecule has 0 saturated carbocycles. The fraction of sp³-hybridized carbons (Fsp3) is 0.312. The van der Waals surface area contributed by atoms with Crippen LogP contribution in [0.25, 0.3) is 0 Å². The summed E-state index contributed by atoms with van der Waals surface area (Å²) in [6, 6.07) is 0. The maximum absolute atomic E-state index is 11.7. The number of hydrogen-bond acceptors (Lipinski definition) is 4. The van der Waals surface area contributed by atoms with Gasteiger partial charge in [0.25, 0.3) is 6.29 Å². The van der Waals surface area contributed by atoms with Crippen LogP contribution in [0, 0.1) is 0 Å². The molecule has 0 radical (unpaired) electrons. The van der Waals surface area contributed by atoms with Crippen molar-refractivity contribution < 1.29 is 19.0 Å². The highest BCUT2D eigenvalue weighted by Crippen LogP contribution is 2.33. The Morgan fingerprint density at radius 2 is 2.25 bits per heavy atom. The van der Waals surface area contributed by atoms with Crippen LogP contribution in [0.2, 0.25) is 0 Å².